The molecule has 94 heavy (non-hydrogen) atoms. The SMILES string of the molecule is Cc1cc(N2C(=O)c3ccc(-c4ccc5c(c4)C(=O)N(C)C5=O)cc3C2=O)ccc1-c1ccc(N2C(=O)c3ccc(-c4ccc5c(c4)C(=O)N(c4ccc(C(C)(C)c6cccc(C(C)(C)c7ccc(N8C(=O)c9ccccc9C8=O)cc7)c6)cc4)C5=O)cc3C2=O)cc1C. The van der Waals surface area contributed by atoms with Crippen molar-refractivity contribution in [2.45, 2.75) is 52.4 Å². The molecule has 0 fully saturated rings. The summed E-state index contributed by atoms with van der Waals surface area (Å²) in [5.74, 6) is -4.46. The molecule has 0 radical (unpaired) electrons. The lowest BCUT2D eigenvalue weighted by atomic mass is 9.73. The number of anilines is 4. The number of rotatable bonds is 11. The number of carbonyl (C=O) groups excluding carboxylic acids is 10. The minimum Gasteiger partial charge on any atom is -0.277 e. The normalized spacial score (nSPS) is 15.1. The van der Waals surface area contributed by atoms with Gasteiger partial charge in [0.15, 0.2) is 0 Å². The van der Waals surface area contributed by atoms with Crippen LogP contribution >= 0.6 is 0 Å². The highest BCUT2D eigenvalue weighted by Gasteiger charge is 2.42. The zero-order valence-corrected chi connectivity index (χ0v) is 51.9. The van der Waals surface area contributed by atoms with Gasteiger partial charge in [-0.1, -0.05) is 125 Å². The number of nitrogens with zero attached hydrogens (tertiary/aromatic N) is 5. The minimum absolute atomic E-state index is 0.183. The van der Waals surface area contributed by atoms with Crippen LogP contribution in [0.2, 0.25) is 0 Å². The second kappa shape index (κ2) is 21.0. The number of fused-ring (bicyclic) bond motifs is 5. The third-order valence-electron chi connectivity index (χ3n) is 19.4. The first-order valence-corrected chi connectivity index (χ1v) is 30.6. The average Bonchev–Trinajstić information content (AvgIpc) is 1.44. The second-order valence-corrected chi connectivity index (χ2v) is 25.5. The highest BCUT2D eigenvalue weighted by atomic mass is 16.2. The van der Waals surface area contributed by atoms with Crippen molar-refractivity contribution < 1.29 is 47.9 Å². The zero-order valence-electron chi connectivity index (χ0n) is 51.9. The van der Waals surface area contributed by atoms with Gasteiger partial charge in [-0.15, -0.1) is 0 Å². The van der Waals surface area contributed by atoms with E-state index >= 15 is 0 Å². The maximum Gasteiger partial charge on any atom is 0.266 e. The Morgan fingerprint density at radius 2 is 0.500 bits per heavy atom. The molecule has 5 heterocycles. The van der Waals surface area contributed by atoms with Gasteiger partial charge < -0.3 is 0 Å². The summed E-state index contributed by atoms with van der Waals surface area (Å²) in [7, 11) is 1.43. The van der Waals surface area contributed by atoms with E-state index in [1.54, 1.807) is 133 Å². The van der Waals surface area contributed by atoms with Crippen molar-refractivity contribution in [3.63, 3.8) is 0 Å². The van der Waals surface area contributed by atoms with Gasteiger partial charge in [0.25, 0.3) is 59.1 Å². The Morgan fingerprint density at radius 1 is 0.234 bits per heavy atom. The Balaban J connectivity index is 0.615. The standard InChI is InChI=1S/C79H55N5O10/c1-42-35-54(83-73(90)62-31-17-45(39-66(62)76(83)93)44-15-29-60-64(37-44)69(86)80(7)68(60)85)27-33-56(42)57-34-28-55(36-43(57)2)84-74(91)63-32-18-47(40-67(63)77(84)94)46-16-30-61-65(38-46)75(92)82(72(61)89)53-25-21-49(22-26-53)79(5,6)51-12-10-11-50(41-51)78(3,4)48-19-23-52(24-20-48)81-70(87)58-13-8-9-14-59(58)71(81)88/h8-41H,1-7H3. The Labute approximate surface area is 539 Å². The number of benzene rings is 10. The van der Waals surface area contributed by atoms with E-state index in [2.05, 4.69) is 45.9 Å². The molecule has 0 aromatic heterocycles. The number of imide groups is 5. The van der Waals surface area contributed by atoms with Crippen LogP contribution in [0.25, 0.3) is 33.4 Å². The van der Waals surface area contributed by atoms with Crippen molar-refractivity contribution in [1.82, 2.24) is 4.90 Å². The van der Waals surface area contributed by atoms with Crippen molar-refractivity contribution in [2.75, 3.05) is 26.6 Å². The summed E-state index contributed by atoms with van der Waals surface area (Å²) in [6.45, 7) is 12.2. The van der Waals surface area contributed by atoms with E-state index in [1.165, 1.54) is 16.8 Å². The monoisotopic (exact) mass is 1230 g/mol. The van der Waals surface area contributed by atoms with Gasteiger partial charge in [0, 0.05) is 17.9 Å². The van der Waals surface area contributed by atoms with Crippen LogP contribution in [0.15, 0.2) is 206 Å². The number of amides is 10. The predicted octanol–water partition coefficient (Wildman–Crippen LogP) is 14.4. The van der Waals surface area contributed by atoms with Crippen molar-refractivity contribution in [2.24, 2.45) is 0 Å². The van der Waals surface area contributed by atoms with Crippen LogP contribution < -0.4 is 19.6 Å². The Hall–Kier alpha value is -12.1. The molecule has 15 nitrogen and oxygen atoms in total. The first kappa shape index (κ1) is 58.3. The van der Waals surface area contributed by atoms with E-state index in [9.17, 15) is 47.9 Å². The third-order valence-corrected chi connectivity index (χ3v) is 19.4. The Bertz CT molecular complexity index is 5160. The Kier molecular flexibility index (Phi) is 13.0. The molecule has 10 aromatic carbocycles. The predicted molar refractivity (Wildman–Crippen MR) is 356 cm³/mol. The molecule has 5 aliphatic heterocycles. The van der Waals surface area contributed by atoms with Crippen LogP contribution in [-0.4, -0.2) is 71.0 Å². The maximum atomic E-state index is 14.3. The van der Waals surface area contributed by atoms with Gasteiger partial charge in [0.05, 0.1) is 78.4 Å². The van der Waals surface area contributed by atoms with Crippen molar-refractivity contribution in [3.8, 4) is 33.4 Å². The highest BCUT2D eigenvalue weighted by molar-refractivity contribution is 6.37. The number of hydrogen-bond acceptors (Lipinski definition) is 10. The zero-order chi connectivity index (χ0) is 65.7. The van der Waals surface area contributed by atoms with Crippen LogP contribution in [-0.2, 0) is 10.8 Å². The fourth-order valence-corrected chi connectivity index (χ4v) is 13.8. The molecule has 5 aliphatic rings. The molecule has 15 heteroatoms. The maximum absolute atomic E-state index is 14.3. The van der Waals surface area contributed by atoms with Crippen molar-refractivity contribution in [3.05, 3.63) is 295 Å². The largest absolute Gasteiger partial charge is 0.277 e. The summed E-state index contributed by atoms with van der Waals surface area (Å²) in [5.41, 5.74) is 12.8. The lowest BCUT2D eigenvalue weighted by Crippen LogP contribution is -2.29. The molecule has 0 saturated heterocycles. The molecule has 0 unspecified atom stereocenters. The van der Waals surface area contributed by atoms with Gasteiger partial charge in [0.2, 0.25) is 0 Å². The molecule has 0 saturated carbocycles. The molecular formula is C79H55N5O10. The highest BCUT2D eigenvalue weighted by Crippen LogP contribution is 2.43. The molecule has 456 valence electrons. The van der Waals surface area contributed by atoms with E-state index < -0.39 is 52.2 Å². The molecule has 0 bridgehead atoms. The summed E-state index contributed by atoms with van der Waals surface area (Å²) in [6, 6.07) is 60.5. The minimum atomic E-state index is -0.525. The first-order valence-electron chi connectivity index (χ1n) is 30.6. The van der Waals surface area contributed by atoms with Crippen LogP contribution in [0, 0.1) is 13.8 Å². The molecule has 15 rings (SSSR count). The van der Waals surface area contributed by atoms with Gasteiger partial charge in [-0.3, -0.25) is 52.8 Å². The molecule has 0 N–H and O–H groups in total. The smallest absolute Gasteiger partial charge is 0.266 e. The topological polar surface area (TPSA) is 187 Å². The summed E-state index contributed by atoms with van der Waals surface area (Å²) >= 11 is 0. The fourth-order valence-electron chi connectivity index (χ4n) is 13.8. The molecule has 0 atom stereocenters. The fraction of sp³-hybridized carbons (Fsp3) is 0.114. The first-order chi connectivity index (χ1) is 45.0. The molecule has 0 aliphatic carbocycles. The molecular weight excluding hydrogens is 1180 g/mol. The third kappa shape index (κ3) is 8.72. The van der Waals surface area contributed by atoms with Gasteiger partial charge >= 0.3 is 0 Å². The lowest BCUT2D eigenvalue weighted by Gasteiger charge is -2.31. The van der Waals surface area contributed by atoms with Gasteiger partial charge in [-0.25, -0.2) is 19.6 Å². The van der Waals surface area contributed by atoms with E-state index in [4.69, 9.17) is 0 Å². The number of hydrogen-bond donors (Lipinski definition) is 0. The molecule has 10 amide bonds. The summed E-state index contributed by atoms with van der Waals surface area (Å²) < 4.78 is 0. The molecule has 10 aromatic rings. The van der Waals surface area contributed by atoms with Crippen molar-refractivity contribution in [1.29, 1.82) is 0 Å². The summed E-state index contributed by atoms with van der Waals surface area (Å²) in [5, 5.41) is 0. The second-order valence-electron chi connectivity index (χ2n) is 25.5. The average molecular weight is 1230 g/mol. The van der Waals surface area contributed by atoms with E-state index in [0.29, 0.717) is 61.7 Å². The van der Waals surface area contributed by atoms with Crippen LogP contribution in [0.1, 0.15) is 165 Å². The van der Waals surface area contributed by atoms with Crippen LogP contribution in [0.3, 0.4) is 0 Å². The van der Waals surface area contributed by atoms with Crippen molar-refractivity contribution >= 4 is 81.8 Å². The lowest BCUT2D eigenvalue weighted by molar-refractivity contribution is 0.0689. The van der Waals surface area contributed by atoms with Gasteiger partial charge in [-0.2, -0.15) is 0 Å². The summed E-state index contributed by atoms with van der Waals surface area (Å²) in [4.78, 5) is 142. The summed E-state index contributed by atoms with van der Waals surface area (Å²) in [6.07, 6.45) is 0. The van der Waals surface area contributed by atoms with E-state index in [0.717, 1.165) is 59.2 Å². The number of aryl methyl sites for hydroxylation is 2. The van der Waals surface area contributed by atoms with Gasteiger partial charge in [0.1, 0.15) is 0 Å². The van der Waals surface area contributed by atoms with Gasteiger partial charge in [-0.05, 0) is 190 Å². The van der Waals surface area contributed by atoms with E-state index in [-0.39, 0.29) is 56.7 Å². The van der Waals surface area contributed by atoms with Crippen LogP contribution in [0.4, 0.5) is 22.7 Å². The van der Waals surface area contributed by atoms with Crippen LogP contribution in [0.5, 0.6) is 0 Å². The Morgan fingerprint density at radius 3 is 0.840 bits per heavy atom. The quantitative estimate of drug-likeness (QED) is 0.113. The number of carbonyl (C=O) groups is 10. The molecule has 0 spiro atoms. The van der Waals surface area contributed by atoms with E-state index in [1.807, 2.05) is 68.4 Å².